The number of nitrogens with one attached hydrogen (secondary N) is 2. The Kier molecular flexibility index (Phi) is 7.11. The van der Waals surface area contributed by atoms with Gasteiger partial charge in [-0.25, -0.2) is 0 Å². The second-order valence-electron chi connectivity index (χ2n) is 7.27. The van der Waals surface area contributed by atoms with E-state index in [0.29, 0.717) is 29.3 Å². The SMILES string of the molecule is COc1ccc(NC(=O)c2ccc(CNC(=O)C3CCCCC3)cc2)c(OC)c1. The van der Waals surface area contributed by atoms with E-state index in [-0.39, 0.29) is 17.7 Å². The van der Waals surface area contributed by atoms with E-state index in [9.17, 15) is 9.59 Å². The van der Waals surface area contributed by atoms with Crippen LogP contribution in [0, 0.1) is 5.92 Å². The highest BCUT2D eigenvalue weighted by Crippen LogP contribution is 2.29. The van der Waals surface area contributed by atoms with Gasteiger partial charge < -0.3 is 20.1 Å². The van der Waals surface area contributed by atoms with Gasteiger partial charge in [0.2, 0.25) is 5.91 Å². The molecule has 0 aliphatic heterocycles. The average molecular weight is 396 g/mol. The Hall–Kier alpha value is -3.02. The van der Waals surface area contributed by atoms with Crippen LogP contribution >= 0.6 is 0 Å². The van der Waals surface area contributed by atoms with Crippen LogP contribution in [-0.4, -0.2) is 26.0 Å². The lowest BCUT2D eigenvalue weighted by atomic mass is 9.88. The summed E-state index contributed by atoms with van der Waals surface area (Å²) in [5, 5.41) is 5.87. The number of hydrogen-bond acceptors (Lipinski definition) is 4. The number of anilines is 1. The molecule has 2 N–H and O–H groups in total. The van der Waals surface area contributed by atoms with Gasteiger partial charge in [0.1, 0.15) is 11.5 Å². The largest absolute Gasteiger partial charge is 0.497 e. The second-order valence-corrected chi connectivity index (χ2v) is 7.27. The Morgan fingerprint density at radius 2 is 1.69 bits per heavy atom. The standard InChI is InChI=1S/C23H28N2O4/c1-28-19-12-13-20(21(14-19)29-2)25-23(27)18-10-8-16(9-11-18)15-24-22(26)17-6-4-3-5-7-17/h8-14,17H,3-7,15H2,1-2H3,(H,24,26)(H,25,27). The molecule has 1 aliphatic rings. The van der Waals surface area contributed by atoms with Crippen molar-refractivity contribution in [2.45, 2.75) is 38.6 Å². The van der Waals surface area contributed by atoms with Gasteiger partial charge in [0.15, 0.2) is 0 Å². The zero-order chi connectivity index (χ0) is 20.6. The van der Waals surface area contributed by atoms with Crippen molar-refractivity contribution in [2.75, 3.05) is 19.5 Å². The highest BCUT2D eigenvalue weighted by molar-refractivity contribution is 6.05. The maximum absolute atomic E-state index is 12.6. The number of amides is 2. The van der Waals surface area contributed by atoms with E-state index in [0.717, 1.165) is 31.2 Å². The van der Waals surface area contributed by atoms with E-state index in [1.54, 1.807) is 44.6 Å². The lowest BCUT2D eigenvalue weighted by Gasteiger charge is -2.20. The Morgan fingerprint density at radius 3 is 2.34 bits per heavy atom. The number of rotatable bonds is 7. The summed E-state index contributed by atoms with van der Waals surface area (Å²) >= 11 is 0. The van der Waals surface area contributed by atoms with Crippen LogP contribution < -0.4 is 20.1 Å². The van der Waals surface area contributed by atoms with Gasteiger partial charge in [-0.3, -0.25) is 9.59 Å². The van der Waals surface area contributed by atoms with E-state index < -0.39 is 0 Å². The molecule has 0 bridgehead atoms. The Labute approximate surface area is 171 Å². The molecular weight excluding hydrogens is 368 g/mol. The summed E-state index contributed by atoms with van der Waals surface area (Å²) in [6, 6.07) is 12.5. The fourth-order valence-electron chi connectivity index (χ4n) is 3.57. The summed E-state index contributed by atoms with van der Waals surface area (Å²) in [4.78, 5) is 24.8. The molecule has 1 saturated carbocycles. The van der Waals surface area contributed by atoms with Crippen molar-refractivity contribution >= 4 is 17.5 Å². The van der Waals surface area contributed by atoms with Gasteiger partial charge in [0.25, 0.3) is 5.91 Å². The van der Waals surface area contributed by atoms with Crippen LogP contribution in [-0.2, 0) is 11.3 Å². The van der Waals surface area contributed by atoms with Gasteiger partial charge in [-0.05, 0) is 42.7 Å². The molecule has 1 aliphatic carbocycles. The van der Waals surface area contributed by atoms with E-state index in [1.807, 2.05) is 12.1 Å². The number of carbonyl (C=O) groups is 2. The first-order valence-electron chi connectivity index (χ1n) is 10.0. The molecule has 0 saturated heterocycles. The van der Waals surface area contributed by atoms with Crippen LogP contribution in [0.5, 0.6) is 11.5 Å². The lowest BCUT2D eigenvalue weighted by molar-refractivity contribution is -0.126. The summed E-state index contributed by atoms with van der Waals surface area (Å²) < 4.78 is 10.5. The molecule has 2 amide bonds. The minimum absolute atomic E-state index is 0.137. The molecule has 6 nitrogen and oxygen atoms in total. The van der Waals surface area contributed by atoms with Crippen molar-refractivity contribution < 1.29 is 19.1 Å². The fraction of sp³-hybridized carbons (Fsp3) is 0.391. The molecule has 3 rings (SSSR count). The monoisotopic (exact) mass is 396 g/mol. The molecule has 0 radical (unpaired) electrons. The van der Waals surface area contributed by atoms with E-state index >= 15 is 0 Å². The van der Waals surface area contributed by atoms with Gasteiger partial charge in [0, 0.05) is 24.1 Å². The quantitative estimate of drug-likeness (QED) is 0.737. The number of methoxy groups -OCH3 is 2. The minimum Gasteiger partial charge on any atom is -0.497 e. The van der Waals surface area contributed by atoms with Gasteiger partial charge in [-0.1, -0.05) is 31.4 Å². The molecule has 0 aromatic heterocycles. The summed E-state index contributed by atoms with van der Waals surface area (Å²) in [5.74, 6) is 1.23. The number of carbonyl (C=O) groups excluding carboxylic acids is 2. The molecular formula is C23H28N2O4. The summed E-state index contributed by atoms with van der Waals surface area (Å²) in [5.41, 5.74) is 2.07. The first-order valence-corrected chi connectivity index (χ1v) is 10.0. The number of benzene rings is 2. The normalized spacial score (nSPS) is 14.1. The van der Waals surface area contributed by atoms with Gasteiger partial charge in [0.05, 0.1) is 19.9 Å². The Morgan fingerprint density at radius 1 is 0.966 bits per heavy atom. The maximum atomic E-state index is 12.6. The van der Waals surface area contributed by atoms with Crippen LogP contribution in [0.15, 0.2) is 42.5 Å². The molecule has 2 aromatic carbocycles. The van der Waals surface area contributed by atoms with Crippen LogP contribution in [0.3, 0.4) is 0 Å². The van der Waals surface area contributed by atoms with Gasteiger partial charge >= 0.3 is 0 Å². The van der Waals surface area contributed by atoms with Gasteiger partial charge in [-0.15, -0.1) is 0 Å². The molecule has 0 spiro atoms. The lowest BCUT2D eigenvalue weighted by Crippen LogP contribution is -2.31. The summed E-state index contributed by atoms with van der Waals surface area (Å²) in [6.07, 6.45) is 5.48. The van der Waals surface area contributed by atoms with Crippen molar-refractivity contribution in [3.63, 3.8) is 0 Å². The fourth-order valence-corrected chi connectivity index (χ4v) is 3.57. The van der Waals surface area contributed by atoms with Crippen LogP contribution in [0.4, 0.5) is 5.69 Å². The molecule has 1 fully saturated rings. The number of hydrogen-bond donors (Lipinski definition) is 2. The minimum atomic E-state index is -0.230. The smallest absolute Gasteiger partial charge is 0.255 e. The maximum Gasteiger partial charge on any atom is 0.255 e. The van der Waals surface area contributed by atoms with Crippen molar-refractivity contribution in [1.82, 2.24) is 5.32 Å². The predicted molar refractivity (Wildman–Crippen MR) is 112 cm³/mol. The zero-order valence-corrected chi connectivity index (χ0v) is 17.0. The highest BCUT2D eigenvalue weighted by Gasteiger charge is 2.20. The van der Waals surface area contributed by atoms with Crippen LogP contribution in [0.1, 0.15) is 48.0 Å². The molecule has 0 unspecified atom stereocenters. The third kappa shape index (κ3) is 5.50. The highest BCUT2D eigenvalue weighted by atomic mass is 16.5. The molecule has 0 heterocycles. The molecule has 154 valence electrons. The zero-order valence-electron chi connectivity index (χ0n) is 17.0. The van der Waals surface area contributed by atoms with Crippen LogP contribution in [0.2, 0.25) is 0 Å². The van der Waals surface area contributed by atoms with Crippen molar-refractivity contribution in [2.24, 2.45) is 5.92 Å². The Balaban J connectivity index is 1.56. The third-order valence-corrected chi connectivity index (χ3v) is 5.32. The van der Waals surface area contributed by atoms with Gasteiger partial charge in [-0.2, -0.15) is 0 Å². The molecule has 29 heavy (non-hydrogen) atoms. The Bertz CT molecular complexity index is 842. The first kappa shape index (κ1) is 20.7. The van der Waals surface area contributed by atoms with E-state index in [1.165, 1.54) is 6.42 Å². The van der Waals surface area contributed by atoms with Crippen molar-refractivity contribution in [1.29, 1.82) is 0 Å². The first-order chi connectivity index (χ1) is 14.1. The number of ether oxygens (including phenoxy) is 2. The van der Waals surface area contributed by atoms with Crippen LogP contribution in [0.25, 0.3) is 0 Å². The molecule has 6 heteroatoms. The van der Waals surface area contributed by atoms with Crippen molar-refractivity contribution in [3.8, 4) is 11.5 Å². The molecule has 0 atom stereocenters. The topological polar surface area (TPSA) is 76.7 Å². The summed E-state index contributed by atoms with van der Waals surface area (Å²) in [7, 11) is 3.12. The predicted octanol–water partition coefficient (Wildman–Crippen LogP) is 4.15. The summed E-state index contributed by atoms with van der Waals surface area (Å²) in [6.45, 7) is 0.476. The third-order valence-electron chi connectivity index (χ3n) is 5.32. The second kappa shape index (κ2) is 9.96. The van der Waals surface area contributed by atoms with E-state index in [2.05, 4.69) is 10.6 Å². The van der Waals surface area contributed by atoms with Crippen molar-refractivity contribution in [3.05, 3.63) is 53.6 Å². The molecule has 2 aromatic rings. The average Bonchev–Trinajstić information content (AvgIpc) is 2.78. The van der Waals surface area contributed by atoms with E-state index in [4.69, 9.17) is 9.47 Å².